The Labute approximate surface area is 130 Å². The Kier molecular flexibility index (Phi) is 3.42. The third-order valence-electron chi connectivity index (χ3n) is 3.40. The summed E-state index contributed by atoms with van der Waals surface area (Å²) in [6.07, 6.45) is 0. The smallest absolute Gasteiger partial charge is 0.259 e. The molecule has 1 aromatic rings. The van der Waals surface area contributed by atoms with Crippen molar-refractivity contribution in [2.24, 2.45) is 21.9 Å². The number of rotatable bonds is 2. The maximum Gasteiger partial charge on any atom is 0.259 e. The fraction of sp³-hybridized carbons (Fsp3) is 0.143. The molecule has 8 heteroatoms. The van der Waals surface area contributed by atoms with Crippen LogP contribution in [0.3, 0.4) is 0 Å². The molecule has 1 atom stereocenters. The number of hydrogen-bond donors (Lipinski definition) is 3. The van der Waals surface area contributed by atoms with Gasteiger partial charge in [0.25, 0.3) is 5.91 Å². The van der Waals surface area contributed by atoms with Crippen LogP contribution in [0.15, 0.2) is 45.7 Å². The van der Waals surface area contributed by atoms with Crippen LogP contribution in [0.1, 0.15) is 6.92 Å². The van der Waals surface area contributed by atoms with Gasteiger partial charge in [-0.3, -0.25) is 9.59 Å². The fourth-order valence-corrected chi connectivity index (χ4v) is 2.55. The van der Waals surface area contributed by atoms with Crippen LogP contribution in [0, 0.1) is 5.92 Å². The van der Waals surface area contributed by atoms with E-state index in [-0.39, 0.29) is 23.0 Å². The third kappa shape index (κ3) is 2.25. The topological polar surface area (TPSA) is 109 Å². The molecule has 0 spiro atoms. The van der Waals surface area contributed by atoms with E-state index in [2.05, 4.69) is 20.8 Å². The van der Waals surface area contributed by atoms with E-state index < -0.39 is 11.8 Å². The zero-order valence-electron chi connectivity index (χ0n) is 11.6. The zero-order chi connectivity index (χ0) is 15.9. The fourth-order valence-electron chi connectivity index (χ4n) is 2.37. The van der Waals surface area contributed by atoms with Crippen molar-refractivity contribution >= 4 is 40.6 Å². The lowest BCUT2D eigenvalue weighted by Gasteiger charge is -2.23. The molecule has 0 saturated carbocycles. The van der Waals surface area contributed by atoms with Gasteiger partial charge in [-0.2, -0.15) is 5.10 Å². The summed E-state index contributed by atoms with van der Waals surface area (Å²) in [5.74, 6) is -1.53. The lowest BCUT2D eigenvalue weighted by atomic mass is 9.90. The molecule has 0 aromatic heterocycles. The average molecular weight is 318 g/mol. The van der Waals surface area contributed by atoms with Crippen LogP contribution in [-0.2, 0) is 9.59 Å². The van der Waals surface area contributed by atoms with Crippen molar-refractivity contribution in [2.45, 2.75) is 6.92 Å². The largest absolute Gasteiger partial charge is 0.385 e. The predicted molar refractivity (Wildman–Crippen MR) is 83.5 cm³/mol. The van der Waals surface area contributed by atoms with Gasteiger partial charge >= 0.3 is 0 Å². The van der Waals surface area contributed by atoms with Crippen LogP contribution < -0.4 is 16.4 Å². The number of amidine groups is 1. The van der Waals surface area contributed by atoms with Crippen LogP contribution in [0.2, 0.25) is 5.02 Å². The number of anilines is 1. The standard InChI is InChI=1S/C14H12ClN5O2/c1-6-9(11-10(14(22)17-6)12(16)20-19-11)13(21)18-8-5-3-2-4-7(8)15/h2-5,10H,1H3,(H2,16,20)(H,17,22)(H,18,21). The molecule has 2 amide bonds. The first-order valence-electron chi connectivity index (χ1n) is 6.48. The highest BCUT2D eigenvalue weighted by Gasteiger charge is 2.41. The molecule has 0 saturated heterocycles. The summed E-state index contributed by atoms with van der Waals surface area (Å²) < 4.78 is 0. The highest BCUT2D eigenvalue weighted by molar-refractivity contribution is 6.39. The van der Waals surface area contributed by atoms with Crippen LogP contribution in [0.25, 0.3) is 0 Å². The van der Waals surface area contributed by atoms with Gasteiger partial charge in [0.15, 0.2) is 0 Å². The Morgan fingerprint density at radius 2 is 2.09 bits per heavy atom. The summed E-state index contributed by atoms with van der Waals surface area (Å²) in [6.45, 7) is 1.62. The van der Waals surface area contributed by atoms with Crippen molar-refractivity contribution in [1.29, 1.82) is 0 Å². The van der Waals surface area contributed by atoms with Gasteiger partial charge in [-0.1, -0.05) is 23.7 Å². The molecule has 0 aliphatic carbocycles. The lowest BCUT2D eigenvalue weighted by molar-refractivity contribution is -0.120. The molecule has 0 fully saturated rings. The van der Waals surface area contributed by atoms with E-state index in [1.54, 1.807) is 31.2 Å². The van der Waals surface area contributed by atoms with Crippen molar-refractivity contribution in [3.05, 3.63) is 40.6 Å². The Hall–Kier alpha value is -2.67. The van der Waals surface area contributed by atoms with E-state index in [0.29, 0.717) is 16.4 Å². The second-order valence-electron chi connectivity index (χ2n) is 4.87. The molecule has 4 N–H and O–H groups in total. The summed E-state index contributed by atoms with van der Waals surface area (Å²) in [5.41, 5.74) is 7.03. The Bertz CT molecular complexity index is 781. The van der Waals surface area contributed by atoms with Gasteiger partial charge in [0.05, 0.1) is 22.0 Å². The van der Waals surface area contributed by atoms with Gasteiger partial charge < -0.3 is 16.4 Å². The molecule has 2 heterocycles. The highest BCUT2D eigenvalue weighted by atomic mass is 35.5. The highest BCUT2D eigenvalue weighted by Crippen LogP contribution is 2.26. The minimum Gasteiger partial charge on any atom is -0.385 e. The number of allylic oxidation sites excluding steroid dienone is 1. The molecule has 2 aliphatic heterocycles. The lowest BCUT2D eigenvalue weighted by Crippen LogP contribution is -2.47. The minimum absolute atomic E-state index is 0.0723. The van der Waals surface area contributed by atoms with Gasteiger partial charge in [0.1, 0.15) is 11.8 Å². The monoisotopic (exact) mass is 317 g/mol. The maximum absolute atomic E-state index is 12.5. The quantitative estimate of drug-likeness (QED) is 0.757. The van der Waals surface area contributed by atoms with Crippen LogP contribution in [0.5, 0.6) is 0 Å². The van der Waals surface area contributed by atoms with E-state index in [1.165, 1.54) is 0 Å². The molecule has 2 aliphatic rings. The molecular weight excluding hydrogens is 306 g/mol. The van der Waals surface area contributed by atoms with E-state index in [9.17, 15) is 9.59 Å². The summed E-state index contributed by atoms with van der Waals surface area (Å²) in [4.78, 5) is 24.5. The first-order chi connectivity index (χ1) is 10.5. The molecule has 0 radical (unpaired) electrons. The molecule has 1 aromatic carbocycles. The summed E-state index contributed by atoms with van der Waals surface area (Å²) in [5, 5.41) is 13.3. The molecule has 3 rings (SSSR count). The van der Waals surface area contributed by atoms with Crippen molar-refractivity contribution in [3.63, 3.8) is 0 Å². The maximum atomic E-state index is 12.5. The second-order valence-corrected chi connectivity index (χ2v) is 5.27. The number of nitrogens with one attached hydrogen (secondary N) is 2. The number of para-hydroxylation sites is 1. The first-order valence-corrected chi connectivity index (χ1v) is 6.85. The van der Waals surface area contributed by atoms with Gasteiger partial charge in [-0.05, 0) is 19.1 Å². The molecular formula is C14H12ClN5O2. The summed E-state index contributed by atoms with van der Waals surface area (Å²) in [7, 11) is 0. The van der Waals surface area contributed by atoms with E-state index in [4.69, 9.17) is 17.3 Å². The van der Waals surface area contributed by atoms with E-state index >= 15 is 0 Å². The zero-order valence-corrected chi connectivity index (χ0v) is 12.3. The van der Waals surface area contributed by atoms with Gasteiger partial charge in [0, 0.05) is 5.70 Å². The number of halogens is 1. The summed E-state index contributed by atoms with van der Waals surface area (Å²) in [6, 6.07) is 6.85. The number of carbonyl (C=O) groups excluding carboxylic acids is 2. The number of nitrogens with zero attached hydrogens (tertiary/aromatic N) is 2. The molecule has 1 unspecified atom stereocenters. The Morgan fingerprint density at radius 3 is 2.82 bits per heavy atom. The van der Waals surface area contributed by atoms with Crippen molar-refractivity contribution in [3.8, 4) is 0 Å². The molecule has 112 valence electrons. The van der Waals surface area contributed by atoms with Gasteiger partial charge in [0.2, 0.25) is 5.91 Å². The van der Waals surface area contributed by atoms with Crippen molar-refractivity contribution in [1.82, 2.24) is 5.32 Å². The van der Waals surface area contributed by atoms with E-state index in [1.807, 2.05) is 0 Å². The number of nitrogens with two attached hydrogens (primary N) is 1. The number of hydrogen-bond acceptors (Lipinski definition) is 5. The normalized spacial score (nSPS) is 20.1. The average Bonchev–Trinajstić information content (AvgIpc) is 2.83. The van der Waals surface area contributed by atoms with Crippen molar-refractivity contribution in [2.75, 3.05) is 5.32 Å². The number of fused-ring (bicyclic) bond motifs is 1. The van der Waals surface area contributed by atoms with E-state index in [0.717, 1.165) is 0 Å². The van der Waals surface area contributed by atoms with Crippen LogP contribution >= 0.6 is 11.6 Å². The minimum atomic E-state index is -0.823. The van der Waals surface area contributed by atoms with Gasteiger partial charge in [-0.15, -0.1) is 5.10 Å². The number of benzene rings is 1. The predicted octanol–water partition coefficient (Wildman–Crippen LogP) is 1.03. The Morgan fingerprint density at radius 1 is 1.36 bits per heavy atom. The van der Waals surface area contributed by atoms with Crippen LogP contribution in [-0.4, -0.2) is 23.4 Å². The number of amides is 2. The molecule has 7 nitrogen and oxygen atoms in total. The SMILES string of the molecule is CC1=C(C(=O)Nc2ccccc2Cl)C2=NN=C(N)C2C(=O)N1. The van der Waals surface area contributed by atoms with Gasteiger partial charge in [-0.25, -0.2) is 0 Å². The third-order valence-corrected chi connectivity index (χ3v) is 3.73. The Balaban J connectivity index is 1.94. The molecule has 22 heavy (non-hydrogen) atoms. The number of carbonyl (C=O) groups is 2. The van der Waals surface area contributed by atoms with Crippen LogP contribution in [0.4, 0.5) is 5.69 Å². The first kappa shape index (κ1) is 14.3. The second kappa shape index (κ2) is 5.27. The molecule has 0 bridgehead atoms. The summed E-state index contributed by atoms with van der Waals surface area (Å²) >= 11 is 6.03. The van der Waals surface area contributed by atoms with Crippen molar-refractivity contribution < 1.29 is 9.59 Å².